The number of benzene rings is 1. The predicted octanol–water partition coefficient (Wildman–Crippen LogP) is 1.03. The maximum atomic E-state index is 12.9. The van der Waals surface area contributed by atoms with Gasteiger partial charge in [-0.05, 0) is 62.4 Å². The Morgan fingerprint density at radius 2 is 1.89 bits per heavy atom. The van der Waals surface area contributed by atoms with Crippen LogP contribution in [0.4, 0.5) is 0 Å². The van der Waals surface area contributed by atoms with Crippen LogP contribution in [0.25, 0.3) is 0 Å². The van der Waals surface area contributed by atoms with Crippen LogP contribution in [0.2, 0.25) is 0 Å². The molecular formula is C22H33N3OS+2. The lowest BCUT2D eigenvalue weighted by Gasteiger charge is -2.36. The molecule has 27 heavy (non-hydrogen) atoms. The van der Waals surface area contributed by atoms with E-state index < -0.39 is 0 Å². The van der Waals surface area contributed by atoms with Crippen LogP contribution in [0.1, 0.15) is 46.3 Å². The van der Waals surface area contributed by atoms with E-state index in [-0.39, 0.29) is 11.9 Å². The Kier molecular flexibility index (Phi) is 6.68. The van der Waals surface area contributed by atoms with Gasteiger partial charge in [-0.15, -0.1) is 11.3 Å². The Hall–Kier alpha value is -1.69. The molecule has 3 rings (SSSR count). The van der Waals surface area contributed by atoms with Gasteiger partial charge >= 0.3 is 0 Å². The van der Waals surface area contributed by atoms with Crippen LogP contribution < -0.4 is 15.1 Å². The second kappa shape index (κ2) is 9.00. The average molecular weight is 388 g/mol. The van der Waals surface area contributed by atoms with Gasteiger partial charge in [0.2, 0.25) is 0 Å². The molecule has 0 saturated carbocycles. The van der Waals surface area contributed by atoms with Crippen LogP contribution in [-0.2, 0) is 0 Å². The summed E-state index contributed by atoms with van der Waals surface area (Å²) < 4.78 is 0. The van der Waals surface area contributed by atoms with Gasteiger partial charge in [-0.3, -0.25) is 4.79 Å². The van der Waals surface area contributed by atoms with E-state index in [4.69, 9.17) is 0 Å². The van der Waals surface area contributed by atoms with Crippen molar-refractivity contribution in [3.63, 3.8) is 0 Å². The number of carbonyl (C=O) groups is 1. The SMILES string of the molecule is CC[NH+]1CC[NH+]([C@@H](c2cccs2)[C@@H](C)NC(=O)c2ccc(C)c(C)c2)CC1. The van der Waals surface area contributed by atoms with Gasteiger partial charge < -0.3 is 15.1 Å². The van der Waals surface area contributed by atoms with Crippen LogP contribution >= 0.6 is 11.3 Å². The normalized spacial score (nSPS) is 22.2. The Morgan fingerprint density at radius 3 is 2.48 bits per heavy atom. The molecule has 146 valence electrons. The number of piperazine rings is 1. The van der Waals surface area contributed by atoms with E-state index in [9.17, 15) is 4.79 Å². The van der Waals surface area contributed by atoms with Crippen molar-refractivity contribution in [3.8, 4) is 0 Å². The predicted molar refractivity (Wildman–Crippen MR) is 112 cm³/mol. The van der Waals surface area contributed by atoms with Gasteiger partial charge in [0.15, 0.2) is 0 Å². The van der Waals surface area contributed by atoms with Gasteiger partial charge in [0.05, 0.1) is 17.5 Å². The van der Waals surface area contributed by atoms with Gasteiger partial charge in [-0.1, -0.05) is 12.1 Å². The molecule has 1 amide bonds. The molecule has 1 saturated heterocycles. The first-order valence-electron chi connectivity index (χ1n) is 10.1. The second-order valence-electron chi connectivity index (χ2n) is 7.82. The number of hydrogen-bond donors (Lipinski definition) is 3. The molecule has 4 nitrogen and oxygen atoms in total. The average Bonchev–Trinajstić information content (AvgIpc) is 3.18. The monoisotopic (exact) mass is 387 g/mol. The number of aryl methyl sites for hydroxylation is 2. The van der Waals surface area contributed by atoms with Crippen molar-refractivity contribution >= 4 is 17.2 Å². The molecule has 1 fully saturated rings. The zero-order chi connectivity index (χ0) is 19.4. The van der Waals surface area contributed by atoms with E-state index in [0.29, 0.717) is 6.04 Å². The summed E-state index contributed by atoms with van der Waals surface area (Å²) in [4.78, 5) is 17.5. The van der Waals surface area contributed by atoms with Crippen LogP contribution in [0.5, 0.6) is 0 Å². The third-order valence-electron chi connectivity index (χ3n) is 6.02. The van der Waals surface area contributed by atoms with E-state index in [2.05, 4.69) is 50.5 Å². The first-order valence-corrected chi connectivity index (χ1v) is 11.0. The number of nitrogens with one attached hydrogen (secondary N) is 3. The standard InChI is InChI=1S/C22H31N3OS/c1-5-24-10-12-25(13-11-24)21(20-7-6-14-27-20)18(4)23-22(26)19-9-8-16(2)17(3)15-19/h6-9,14-15,18,21H,5,10-13H2,1-4H3,(H,23,26)/p+2/t18-,21-/m1/s1. The molecular weight excluding hydrogens is 354 g/mol. The van der Waals surface area contributed by atoms with Crippen molar-refractivity contribution in [2.45, 2.75) is 39.8 Å². The lowest BCUT2D eigenvalue weighted by molar-refractivity contribution is -1.03. The highest BCUT2D eigenvalue weighted by molar-refractivity contribution is 7.10. The Morgan fingerprint density at radius 1 is 1.15 bits per heavy atom. The fourth-order valence-corrected chi connectivity index (χ4v) is 5.10. The molecule has 5 heteroatoms. The molecule has 2 heterocycles. The summed E-state index contributed by atoms with van der Waals surface area (Å²) in [7, 11) is 0. The maximum absolute atomic E-state index is 12.9. The molecule has 3 N–H and O–H groups in total. The smallest absolute Gasteiger partial charge is 0.251 e. The van der Waals surface area contributed by atoms with Crippen LogP contribution in [0, 0.1) is 13.8 Å². The highest BCUT2D eigenvalue weighted by Crippen LogP contribution is 2.20. The number of quaternary nitrogens is 2. The number of carbonyl (C=O) groups excluding carboxylic acids is 1. The lowest BCUT2D eigenvalue weighted by Crippen LogP contribution is -3.28. The molecule has 1 aromatic heterocycles. The van der Waals surface area contributed by atoms with Crippen LogP contribution in [0.3, 0.4) is 0 Å². The summed E-state index contributed by atoms with van der Waals surface area (Å²) in [5.74, 6) is 0.0318. The summed E-state index contributed by atoms with van der Waals surface area (Å²) in [6.07, 6.45) is 0. The van der Waals surface area contributed by atoms with Gasteiger partial charge in [0, 0.05) is 5.56 Å². The third kappa shape index (κ3) is 4.78. The zero-order valence-electron chi connectivity index (χ0n) is 17.0. The van der Waals surface area contributed by atoms with E-state index in [1.165, 1.54) is 30.1 Å². The van der Waals surface area contributed by atoms with Crippen molar-refractivity contribution in [3.05, 3.63) is 57.3 Å². The largest absolute Gasteiger partial charge is 0.343 e. The fourth-order valence-electron chi connectivity index (χ4n) is 4.11. The summed E-state index contributed by atoms with van der Waals surface area (Å²) >= 11 is 1.81. The molecule has 2 aromatic rings. The molecule has 1 aliphatic heterocycles. The molecule has 0 bridgehead atoms. The molecule has 0 aliphatic carbocycles. The van der Waals surface area contributed by atoms with Gasteiger partial charge in [-0.2, -0.15) is 0 Å². The highest BCUT2D eigenvalue weighted by atomic mass is 32.1. The maximum Gasteiger partial charge on any atom is 0.251 e. The number of thiophene rings is 1. The molecule has 2 atom stereocenters. The molecule has 0 radical (unpaired) electrons. The highest BCUT2D eigenvalue weighted by Gasteiger charge is 2.35. The van der Waals surface area contributed by atoms with Crippen molar-refractivity contribution < 1.29 is 14.6 Å². The Bertz CT molecular complexity index is 751. The minimum atomic E-state index is 0.0318. The van der Waals surface area contributed by atoms with E-state index in [0.717, 1.165) is 24.2 Å². The van der Waals surface area contributed by atoms with E-state index >= 15 is 0 Å². The first-order chi connectivity index (χ1) is 13.0. The number of rotatable bonds is 6. The van der Waals surface area contributed by atoms with Crippen molar-refractivity contribution in [1.29, 1.82) is 0 Å². The summed E-state index contributed by atoms with van der Waals surface area (Å²) in [5, 5.41) is 5.44. The number of hydrogen-bond acceptors (Lipinski definition) is 2. The van der Waals surface area contributed by atoms with Crippen LogP contribution in [-0.4, -0.2) is 44.7 Å². The minimum absolute atomic E-state index is 0.0318. The van der Waals surface area contributed by atoms with Crippen LogP contribution in [0.15, 0.2) is 35.7 Å². The lowest BCUT2D eigenvalue weighted by atomic mass is 10.0. The second-order valence-corrected chi connectivity index (χ2v) is 8.80. The van der Waals surface area contributed by atoms with E-state index in [1.54, 1.807) is 9.80 Å². The number of amides is 1. The molecule has 0 unspecified atom stereocenters. The molecule has 1 aromatic carbocycles. The summed E-state index contributed by atoms with van der Waals surface area (Å²) in [5.41, 5.74) is 3.14. The fraction of sp³-hybridized carbons (Fsp3) is 0.500. The molecule has 0 spiro atoms. The zero-order valence-corrected chi connectivity index (χ0v) is 17.8. The number of likely N-dealkylation sites (N-methyl/N-ethyl adjacent to an activating group) is 1. The van der Waals surface area contributed by atoms with Gasteiger partial charge in [0.25, 0.3) is 5.91 Å². The summed E-state index contributed by atoms with van der Waals surface area (Å²) in [6.45, 7) is 14.5. The Labute approximate surface area is 167 Å². The Balaban J connectivity index is 1.74. The summed E-state index contributed by atoms with van der Waals surface area (Å²) in [6, 6.07) is 10.7. The van der Waals surface area contributed by atoms with Gasteiger partial charge in [0.1, 0.15) is 32.2 Å². The first kappa shape index (κ1) is 20.1. The van der Waals surface area contributed by atoms with Crippen molar-refractivity contribution in [2.75, 3.05) is 32.7 Å². The minimum Gasteiger partial charge on any atom is -0.343 e. The quantitative estimate of drug-likeness (QED) is 0.681. The van der Waals surface area contributed by atoms with Crippen molar-refractivity contribution in [1.82, 2.24) is 5.32 Å². The van der Waals surface area contributed by atoms with Gasteiger partial charge in [-0.25, -0.2) is 0 Å². The topological polar surface area (TPSA) is 38.0 Å². The van der Waals surface area contributed by atoms with Crippen molar-refractivity contribution in [2.24, 2.45) is 0 Å². The van der Waals surface area contributed by atoms with E-state index in [1.807, 2.05) is 29.5 Å². The molecule has 1 aliphatic rings. The third-order valence-corrected chi connectivity index (χ3v) is 6.97.